The second-order valence-corrected chi connectivity index (χ2v) is 12.5. The van der Waals surface area contributed by atoms with Gasteiger partial charge in [-0.25, -0.2) is 13.8 Å². The van der Waals surface area contributed by atoms with Crippen LogP contribution in [0, 0.1) is 20.8 Å². The molecule has 0 aliphatic carbocycles. The van der Waals surface area contributed by atoms with Crippen molar-refractivity contribution in [1.29, 1.82) is 0 Å². The van der Waals surface area contributed by atoms with Gasteiger partial charge in [-0.15, -0.1) is 0 Å². The topological polar surface area (TPSA) is 83.8 Å². The van der Waals surface area contributed by atoms with Crippen molar-refractivity contribution in [2.45, 2.75) is 25.7 Å². The first-order valence-electron chi connectivity index (χ1n) is 11.8. The van der Waals surface area contributed by atoms with E-state index in [9.17, 15) is 13.2 Å². The third kappa shape index (κ3) is 6.55. The molecule has 1 heterocycles. The van der Waals surface area contributed by atoms with Crippen molar-refractivity contribution in [3.8, 4) is 5.69 Å². The van der Waals surface area contributed by atoms with Crippen molar-refractivity contribution in [1.82, 2.24) is 9.99 Å². The van der Waals surface area contributed by atoms with Crippen molar-refractivity contribution in [3.05, 3.63) is 110 Å². The van der Waals surface area contributed by atoms with Crippen molar-refractivity contribution < 1.29 is 13.2 Å². The third-order valence-corrected chi connectivity index (χ3v) is 8.84. The summed E-state index contributed by atoms with van der Waals surface area (Å²) in [5, 5.41) is 5.19. The number of hydrogen-bond donors (Lipinski definition) is 1. The average molecular weight is 648 g/mol. The Kier molecular flexibility index (Phi) is 8.86. The van der Waals surface area contributed by atoms with Crippen LogP contribution in [-0.2, 0) is 14.8 Å². The number of nitrogens with zero attached hydrogens (tertiary/aromatic N) is 3. The standard InChI is InChI=1S/C28H25BrCl2N4O3S/c1-18-7-10-25(11-8-18)39(37,38)34(24-6-4-5-22(29)14-24)17-28(36)33-32-16-21-13-19(2)35(20(21)3)27-15-23(30)9-12-26(27)31/h4-16H,17H2,1-3H3,(H,33,36)/b32-16-. The summed E-state index contributed by atoms with van der Waals surface area (Å²) in [6.07, 6.45) is 1.51. The monoisotopic (exact) mass is 646 g/mol. The van der Waals surface area contributed by atoms with Crippen LogP contribution in [0.25, 0.3) is 5.69 Å². The number of halogens is 3. The third-order valence-electron chi connectivity index (χ3n) is 6.00. The van der Waals surface area contributed by atoms with E-state index in [0.29, 0.717) is 20.2 Å². The predicted molar refractivity (Wildman–Crippen MR) is 161 cm³/mol. The van der Waals surface area contributed by atoms with E-state index in [4.69, 9.17) is 23.2 Å². The summed E-state index contributed by atoms with van der Waals surface area (Å²) < 4.78 is 30.7. The van der Waals surface area contributed by atoms with Gasteiger partial charge in [-0.3, -0.25) is 9.10 Å². The highest BCUT2D eigenvalue weighted by atomic mass is 79.9. The molecular weight excluding hydrogens is 623 g/mol. The van der Waals surface area contributed by atoms with Crippen LogP contribution in [0.2, 0.25) is 10.0 Å². The molecule has 0 saturated heterocycles. The molecule has 3 aromatic carbocycles. The molecule has 0 fully saturated rings. The lowest BCUT2D eigenvalue weighted by atomic mass is 10.2. The zero-order chi connectivity index (χ0) is 28.3. The van der Waals surface area contributed by atoms with Gasteiger partial charge in [-0.05, 0) is 75.4 Å². The summed E-state index contributed by atoms with van der Waals surface area (Å²) in [5.41, 5.74) is 6.93. The largest absolute Gasteiger partial charge is 0.316 e. The highest BCUT2D eigenvalue weighted by Crippen LogP contribution is 2.29. The van der Waals surface area contributed by atoms with E-state index in [-0.39, 0.29) is 4.90 Å². The minimum absolute atomic E-state index is 0.0801. The summed E-state index contributed by atoms with van der Waals surface area (Å²) in [6.45, 7) is 5.22. The van der Waals surface area contributed by atoms with Crippen LogP contribution >= 0.6 is 39.1 Å². The number of nitrogens with one attached hydrogen (secondary N) is 1. The van der Waals surface area contributed by atoms with E-state index in [2.05, 4.69) is 26.5 Å². The van der Waals surface area contributed by atoms with Crippen LogP contribution in [0.15, 0.2) is 87.3 Å². The number of rotatable bonds is 8. The molecular formula is C28H25BrCl2N4O3S. The number of benzene rings is 3. The Labute approximate surface area is 246 Å². The number of sulfonamides is 1. The number of carbonyl (C=O) groups excluding carboxylic acids is 1. The molecule has 0 unspecified atom stereocenters. The second-order valence-electron chi connectivity index (χ2n) is 8.86. The van der Waals surface area contributed by atoms with Crippen LogP contribution in [0.3, 0.4) is 0 Å². The Morgan fingerprint density at radius 1 is 1.03 bits per heavy atom. The summed E-state index contributed by atoms with van der Waals surface area (Å²) in [5.74, 6) is -0.603. The Balaban J connectivity index is 1.57. The average Bonchev–Trinajstić information content (AvgIpc) is 3.16. The molecule has 1 N–H and O–H groups in total. The van der Waals surface area contributed by atoms with Crippen molar-refractivity contribution in [2.24, 2.45) is 5.10 Å². The Morgan fingerprint density at radius 2 is 1.74 bits per heavy atom. The van der Waals surface area contributed by atoms with Gasteiger partial charge in [-0.2, -0.15) is 5.10 Å². The van der Waals surface area contributed by atoms with Gasteiger partial charge in [0.15, 0.2) is 0 Å². The molecule has 0 aliphatic rings. The minimum atomic E-state index is -4.03. The maximum atomic E-state index is 13.5. The molecule has 4 aromatic rings. The van der Waals surface area contributed by atoms with E-state index in [1.807, 2.05) is 31.4 Å². The molecule has 202 valence electrons. The number of hydrogen-bond acceptors (Lipinski definition) is 4. The van der Waals surface area contributed by atoms with Gasteiger partial charge in [0.2, 0.25) is 0 Å². The summed E-state index contributed by atoms with van der Waals surface area (Å²) in [7, 11) is -4.03. The van der Waals surface area contributed by atoms with Crippen LogP contribution < -0.4 is 9.73 Å². The highest BCUT2D eigenvalue weighted by molar-refractivity contribution is 9.10. The van der Waals surface area contributed by atoms with Gasteiger partial charge in [-0.1, -0.05) is 62.9 Å². The molecule has 1 amide bonds. The molecule has 0 atom stereocenters. The number of amides is 1. The molecule has 7 nitrogen and oxygen atoms in total. The summed E-state index contributed by atoms with van der Waals surface area (Å²) >= 11 is 15.9. The van der Waals surface area contributed by atoms with Crippen molar-refractivity contribution >= 4 is 67.0 Å². The van der Waals surface area contributed by atoms with Gasteiger partial charge in [0, 0.05) is 26.4 Å². The molecule has 39 heavy (non-hydrogen) atoms. The molecule has 0 saturated carbocycles. The quantitative estimate of drug-likeness (QED) is 0.168. The zero-order valence-corrected chi connectivity index (χ0v) is 25.2. The van der Waals surface area contributed by atoms with Crippen LogP contribution in [0.5, 0.6) is 0 Å². The Hall–Kier alpha value is -3.11. The van der Waals surface area contributed by atoms with Crippen molar-refractivity contribution in [2.75, 3.05) is 10.8 Å². The summed E-state index contributed by atoms with van der Waals surface area (Å²) in [6, 6.07) is 20.3. The molecule has 0 aliphatic heterocycles. The number of carbonyl (C=O) groups is 1. The lowest BCUT2D eigenvalue weighted by Gasteiger charge is -2.24. The number of anilines is 1. The van der Waals surface area contributed by atoms with Gasteiger partial charge in [0.05, 0.1) is 27.5 Å². The SMILES string of the molecule is Cc1ccc(S(=O)(=O)N(CC(=O)N/N=C\c2cc(C)n(-c3cc(Cl)ccc3Cl)c2C)c2cccc(Br)c2)cc1. The highest BCUT2D eigenvalue weighted by Gasteiger charge is 2.27. The molecule has 1 aromatic heterocycles. The second kappa shape index (κ2) is 12.0. The molecule has 0 spiro atoms. The fraction of sp³-hybridized carbons (Fsp3) is 0.143. The van der Waals surface area contributed by atoms with Crippen molar-refractivity contribution in [3.63, 3.8) is 0 Å². The van der Waals surface area contributed by atoms with Gasteiger partial charge < -0.3 is 4.57 Å². The summed E-state index contributed by atoms with van der Waals surface area (Å²) in [4.78, 5) is 13.0. The predicted octanol–water partition coefficient (Wildman–Crippen LogP) is 6.82. The zero-order valence-electron chi connectivity index (χ0n) is 21.3. The molecule has 0 radical (unpaired) electrons. The molecule has 4 rings (SSSR count). The Morgan fingerprint density at radius 3 is 2.44 bits per heavy atom. The minimum Gasteiger partial charge on any atom is -0.316 e. The maximum Gasteiger partial charge on any atom is 0.264 e. The molecule has 11 heteroatoms. The fourth-order valence-electron chi connectivity index (χ4n) is 4.07. The first-order valence-corrected chi connectivity index (χ1v) is 14.8. The van der Waals surface area contributed by atoms with E-state index < -0.39 is 22.5 Å². The smallest absolute Gasteiger partial charge is 0.264 e. The van der Waals surface area contributed by atoms with Gasteiger partial charge >= 0.3 is 0 Å². The van der Waals surface area contributed by atoms with E-state index >= 15 is 0 Å². The lowest BCUT2D eigenvalue weighted by Crippen LogP contribution is -2.39. The fourth-order valence-corrected chi connectivity index (χ4v) is 6.24. The van der Waals surface area contributed by atoms with E-state index in [1.54, 1.807) is 54.6 Å². The van der Waals surface area contributed by atoms with Gasteiger partial charge in [0.25, 0.3) is 15.9 Å². The van der Waals surface area contributed by atoms with Crippen LogP contribution in [0.4, 0.5) is 5.69 Å². The first kappa shape index (κ1) is 28.9. The maximum absolute atomic E-state index is 13.5. The van der Waals surface area contributed by atoms with Gasteiger partial charge in [0.1, 0.15) is 6.54 Å². The van der Waals surface area contributed by atoms with Crippen LogP contribution in [0.1, 0.15) is 22.5 Å². The normalized spacial score (nSPS) is 11.6. The van der Waals surface area contributed by atoms with E-state index in [1.165, 1.54) is 18.3 Å². The number of aryl methyl sites for hydroxylation is 2. The van der Waals surface area contributed by atoms with Crippen LogP contribution in [-0.4, -0.2) is 31.7 Å². The lowest BCUT2D eigenvalue weighted by molar-refractivity contribution is -0.119. The first-order chi connectivity index (χ1) is 18.5. The number of aromatic nitrogens is 1. The molecule has 0 bridgehead atoms. The van der Waals surface area contributed by atoms with E-state index in [0.717, 1.165) is 32.5 Å². The Bertz CT molecular complexity index is 1670. The number of hydrazone groups is 1.